The van der Waals surface area contributed by atoms with Crippen molar-refractivity contribution in [3.63, 3.8) is 0 Å². The van der Waals surface area contributed by atoms with E-state index in [4.69, 9.17) is 4.74 Å². The molecule has 2 fully saturated rings. The second-order valence-electron chi connectivity index (χ2n) is 7.64. The van der Waals surface area contributed by atoms with E-state index < -0.39 is 12.6 Å². The number of likely N-dealkylation sites (tertiary alicyclic amines) is 1. The first kappa shape index (κ1) is 21.7. The molecule has 8 nitrogen and oxygen atoms in total. The van der Waals surface area contributed by atoms with Gasteiger partial charge in [-0.15, -0.1) is 0 Å². The molecule has 0 aromatic heterocycles. The van der Waals surface area contributed by atoms with Crippen molar-refractivity contribution in [3.05, 3.63) is 29.8 Å². The highest BCUT2D eigenvalue weighted by Gasteiger charge is 2.47. The number of Topliss-reactive ketones (excluding diaryl/α,β-unsaturated/α-hetero) is 1. The van der Waals surface area contributed by atoms with Crippen molar-refractivity contribution in [2.75, 3.05) is 18.5 Å². The topological polar surface area (TPSA) is 110 Å². The van der Waals surface area contributed by atoms with Crippen molar-refractivity contribution in [1.29, 1.82) is 0 Å². The molecule has 1 aliphatic carbocycles. The zero-order chi connectivity index (χ0) is 21.7. The van der Waals surface area contributed by atoms with Crippen LogP contribution in [0.3, 0.4) is 0 Å². The molecule has 1 aliphatic heterocycles. The van der Waals surface area contributed by atoms with Gasteiger partial charge in [0.15, 0.2) is 12.4 Å². The summed E-state index contributed by atoms with van der Waals surface area (Å²) in [7, 11) is 0. The van der Waals surface area contributed by atoms with Crippen LogP contribution in [0.5, 0.6) is 0 Å². The van der Waals surface area contributed by atoms with Crippen molar-refractivity contribution < 1.29 is 28.7 Å². The summed E-state index contributed by atoms with van der Waals surface area (Å²) in [6.07, 6.45) is 3.57. The second-order valence-corrected chi connectivity index (χ2v) is 7.64. The quantitative estimate of drug-likeness (QED) is 0.397. The fourth-order valence-electron chi connectivity index (χ4n) is 3.94. The van der Waals surface area contributed by atoms with Crippen LogP contribution in [0, 0.1) is 11.8 Å². The van der Waals surface area contributed by atoms with Gasteiger partial charge in [0.25, 0.3) is 0 Å². The number of hydrogen-bond donors (Lipinski definition) is 1. The van der Waals surface area contributed by atoms with Gasteiger partial charge in [0.2, 0.25) is 17.7 Å². The number of nitrogens with one attached hydrogen (secondary N) is 1. The summed E-state index contributed by atoms with van der Waals surface area (Å²) in [5, 5.41) is 2.68. The van der Waals surface area contributed by atoms with Crippen LogP contribution in [0.4, 0.5) is 5.69 Å². The number of carbonyl (C=O) groups excluding carboxylic acids is 5. The van der Waals surface area contributed by atoms with Crippen LogP contribution < -0.4 is 5.32 Å². The van der Waals surface area contributed by atoms with Crippen molar-refractivity contribution in [2.24, 2.45) is 11.8 Å². The molecule has 2 atom stereocenters. The Balaban J connectivity index is 1.44. The average Bonchev–Trinajstić information content (AvgIpc) is 3.01. The van der Waals surface area contributed by atoms with Gasteiger partial charge in [0.05, 0.1) is 18.3 Å². The van der Waals surface area contributed by atoms with Gasteiger partial charge in [-0.3, -0.25) is 28.9 Å². The van der Waals surface area contributed by atoms with Gasteiger partial charge in [0, 0.05) is 24.2 Å². The molecule has 0 spiro atoms. The standard InChI is InChI=1S/C22H26N2O6/c1-2-19(26)23-15-9-7-14(8-10-15)18(25)13-30-20(27)11-12-24-21(28)16-5-3-4-6-17(16)22(24)29/h7-10,16-17H,2-6,11-13H2,1H3,(H,23,26)/t16-,17+. The Morgan fingerprint density at radius 2 is 1.63 bits per heavy atom. The highest BCUT2D eigenvalue weighted by molar-refractivity contribution is 6.05. The normalized spacial score (nSPS) is 20.6. The Morgan fingerprint density at radius 1 is 1.03 bits per heavy atom. The second kappa shape index (κ2) is 9.65. The molecular formula is C22H26N2O6. The van der Waals surface area contributed by atoms with Gasteiger partial charge < -0.3 is 10.1 Å². The highest BCUT2D eigenvalue weighted by Crippen LogP contribution is 2.37. The number of esters is 1. The van der Waals surface area contributed by atoms with E-state index in [1.165, 1.54) is 4.90 Å². The SMILES string of the molecule is CCC(=O)Nc1ccc(C(=O)COC(=O)CCN2C(=O)[C@H]3CCCC[C@H]3C2=O)cc1. The minimum Gasteiger partial charge on any atom is -0.457 e. The molecule has 2 aliphatic rings. The molecule has 8 heteroatoms. The maximum absolute atomic E-state index is 12.4. The predicted octanol–water partition coefficient (Wildman–Crippen LogP) is 2.33. The summed E-state index contributed by atoms with van der Waals surface area (Å²) in [5.74, 6) is -2.01. The molecule has 1 aromatic rings. The van der Waals surface area contributed by atoms with Gasteiger partial charge in [-0.1, -0.05) is 19.8 Å². The zero-order valence-electron chi connectivity index (χ0n) is 17.0. The van der Waals surface area contributed by atoms with Crippen LogP contribution in [0.1, 0.15) is 55.8 Å². The first-order valence-electron chi connectivity index (χ1n) is 10.3. The van der Waals surface area contributed by atoms with Crippen LogP contribution in [-0.4, -0.2) is 47.5 Å². The van der Waals surface area contributed by atoms with Crippen molar-refractivity contribution in [3.8, 4) is 0 Å². The van der Waals surface area contributed by atoms with E-state index in [1.807, 2.05) is 0 Å². The van der Waals surface area contributed by atoms with E-state index in [0.717, 1.165) is 25.7 Å². The van der Waals surface area contributed by atoms with Crippen LogP contribution in [0.25, 0.3) is 0 Å². The third kappa shape index (κ3) is 4.93. The third-order valence-corrected chi connectivity index (χ3v) is 5.65. The van der Waals surface area contributed by atoms with Crippen LogP contribution in [0.2, 0.25) is 0 Å². The number of ketones is 1. The van der Waals surface area contributed by atoms with Crippen molar-refractivity contribution >= 4 is 35.2 Å². The highest BCUT2D eigenvalue weighted by atomic mass is 16.5. The minimum atomic E-state index is -0.634. The molecule has 1 aromatic carbocycles. The van der Waals surface area contributed by atoms with Gasteiger partial charge >= 0.3 is 5.97 Å². The van der Waals surface area contributed by atoms with Crippen molar-refractivity contribution in [1.82, 2.24) is 4.90 Å². The fourth-order valence-corrected chi connectivity index (χ4v) is 3.94. The largest absolute Gasteiger partial charge is 0.457 e. The summed E-state index contributed by atoms with van der Waals surface area (Å²) in [5.41, 5.74) is 0.933. The Bertz CT molecular complexity index is 824. The Hall–Kier alpha value is -3.03. The molecule has 1 N–H and O–H groups in total. The molecule has 160 valence electrons. The Kier molecular flexibility index (Phi) is 6.97. The molecule has 1 heterocycles. The first-order valence-corrected chi connectivity index (χ1v) is 10.3. The Morgan fingerprint density at radius 3 is 2.20 bits per heavy atom. The van der Waals surface area contributed by atoms with Crippen LogP contribution in [-0.2, 0) is 23.9 Å². The van der Waals surface area contributed by atoms with Crippen LogP contribution in [0.15, 0.2) is 24.3 Å². The summed E-state index contributed by atoms with van der Waals surface area (Å²) in [6, 6.07) is 6.30. The number of anilines is 1. The first-order chi connectivity index (χ1) is 14.4. The number of nitrogens with zero attached hydrogens (tertiary/aromatic N) is 1. The molecule has 3 rings (SSSR count). The maximum atomic E-state index is 12.4. The lowest BCUT2D eigenvalue weighted by atomic mass is 9.81. The molecule has 3 amide bonds. The van der Waals surface area contributed by atoms with Gasteiger partial charge in [-0.05, 0) is 37.1 Å². The van der Waals surface area contributed by atoms with E-state index in [0.29, 0.717) is 17.7 Å². The molecular weight excluding hydrogens is 388 g/mol. The molecule has 0 radical (unpaired) electrons. The number of hydrogen-bond acceptors (Lipinski definition) is 6. The summed E-state index contributed by atoms with van der Waals surface area (Å²) in [6.45, 7) is 1.31. The number of benzene rings is 1. The molecule has 1 saturated heterocycles. The smallest absolute Gasteiger partial charge is 0.308 e. The van der Waals surface area contributed by atoms with Gasteiger partial charge in [-0.25, -0.2) is 0 Å². The summed E-state index contributed by atoms with van der Waals surface area (Å²) >= 11 is 0. The van der Waals surface area contributed by atoms with E-state index >= 15 is 0 Å². The van der Waals surface area contributed by atoms with E-state index in [1.54, 1.807) is 31.2 Å². The number of carbonyl (C=O) groups is 5. The van der Waals surface area contributed by atoms with E-state index in [-0.39, 0.29) is 48.3 Å². The average molecular weight is 414 g/mol. The predicted molar refractivity (Wildman–Crippen MR) is 107 cm³/mol. The minimum absolute atomic E-state index is 0.0104. The molecule has 1 saturated carbocycles. The zero-order valence-corrected chi connectivity index (χ0v) is 17.0. The number of imide groups is 1. The third-order valence-electron chi connectivity index (χ3n) is 5.65. The fraction of sp³-hybridized carbons (Fsp3) is 0.500. The molecule has 30 heavy (non-hydrogen) atoms. The number of rotatable bonds is 8. The maximum Gasteiger partial charge on any atom is 0.308 e. The lowest BCUT2D eigenvalue weighted by Crippen LogP contribution is -2.33. The molecule has 0 bridgehead atoms. The number of amides is 3. The van der Waals surface area contributed by atoms with Crippen LogP contribution >= 0.6 is 0 Å². The lowest BCUT2D eigenvalue weighted by molar-refractivity contribution is -0.145. The van der Waals surface area contributed by atoms with E-state index in [9.17, 15) is 24.0 Å². The number of fused-ring (bicyclic) bond motifs is 1. The number of ether oxygens (including phenoxy) is 1. The lowest BCUT2D eigenvalue weighted by Gasteiger charge is -2.19. The van der Waals surface area contributed by atoms with Gasteiger partial charge in [-0.2, -0.15) is 0 Å². The molecule has 0 unspecified atom stereocenters. The van der Waals surface area contributed by atoms with Gasteiger partial charge in [0.1, 0.15) is 0 Å². The summed E-state index contributed by atoms with van der Waals surface area (Å²) < 4.78 is 5.01. The van der Waals surface area contributed by atoms with Crippen molar-refractivity contribution in [2.45, 2.75) is 45.4 Å². The van der Waals surface area contributed by atoms with E-state index in [2.05, 4.69) is 5.32 Å². The monoisotopic (exact) mass is 414 g/mol. The Labute approximate surface area is 174 Å². The summed E-state index contributed by atoms with van der Waals surface area (Å²) in [4.78, 5) is 61.5.